The van der Waals surface area contributed by atoms with Crippen molar-refractivity contribution in [3.8, 4) is 5.75 Å². The molecule has 144 valence electrons. The van der Waals surface area contributed by atoms with Gasteiger partial charge in [0.2, 0.25) is 5.91 Å². The number of benzene rings is 3. The monoisotopic (exact) mass is 373 g/mol. The lowest BCUT2D eigenvalue weighted by Crippen LogP contribution is -2.28. The minimum atomic E-state index is -0.0598. The fourth-order valence-corrected chi connectivity index (χ4v) is 3.39. The quantitative estimate of drug-likeness (QED) is 0.567. The van der Waals surface area contributed by atoms with Crippen molar-refractivity contribution in [1.29, 1.82) is 0 Å². The Morgan fingerprint density at radius 3 is 1.86 bits per heavy atom. The average molecular weight is 373 g/mol. The van der Waals surface area contributed by atoms with Crippen molar-refractivity contribution in [3.63, 3.8) is 0 Å². The van der Waals surface area contributed by atoms with E-state index in [0.717, 1.165) is 22.4 Å². The Hall–Kier alpha value is -3.07. The van der Waals surface area contributed by atoms with Crippen molar-refractivity contribution in [2.75, 3.05) is 6.61 Å². The first-order chi connectivity index (χ1) is 13.7. The van der Waals surface area contributed by atoms with Crippen LogP contribution in [0.1, 0.15) is 48.9 Å². The molecule has 3 aromatic carbocycles. The van der Waals surface area contributed by atoms with E-state index in [1.807, 2.05) is 74.5 Å². The molecule has 0 aliphatic heterocycles. The minimum absolute atomic E-state index is 0.0370. The van der Waals surface area contributed by atoms with Crippen molar-refractivity contribution in [1.82, 2.24) is 5.32 Å². The number of amides is 1. The predicted octanol–water partition coefficient (Wildman–Crippen LogP) is 5.48. The third kappa shape index (κ3) is 5.23. The summed E-state index contributed by atoms with van der Waals surface area (Å²) >= 11 is 0. The van der Waals surface area contributed by atoms with Crippen LogP contribution in [0.25, 0.3) is 0 Å². The maximum Gasteiger partial charge on any atom is 0.221 e. The molecule has 1 N–H and O–H groups in total. The molecule has 1 atom stereocenters. The molecule has 1 amide bonds. The van der Waals surface area contributed by atoms with E-state index in [1.165, 1.54) is 0 Å². The van der Waals surface area contributed by atoms with E-state index in [-0.39, 0.29) is 17.9 Å². The first-order valence-electron chi connectivity index (χ1n) is 9.79. The van der Waals surface area contributed by atoms with Crippen LogP contribution in [0, 0.1) is 0 Å². The molecular formula is C25H27NO2. The Balaban J connectivity index is 1.70. The zero-order valence-corrected chi connectivity index (χ0v) is 16.5. The molecule has 1 unspecified atom stereocenters. The molecule has 0 aliphatic rings. The number of carbonyl (C=O) groups excluding carboxylic acids is 1. The lowest BCUT2D eigenvalue weighted by atomic mass is 9.88. The summed E-state index contributed by atoms with van der Waals surface area (Å²) in [5.41, 5.74) is 3.36. The van der Waals surface area contributed by atoms with E-state index < -0.39 is 0 Å². The highest BCUT2D eigenvalue weighted by molar-refractivity contribution is 5.78. The van der Waals surface area contributed by atoms with Gasteiger partial charge in [-0.05, 0) is 42.7 Å². The second-order valence-corrected chi connectivity index (χ2v) is 6.87. The number of rotatable bonds is 8. The summed E-state index contributed by atoms with van der Waals surface area (Å²) in [6.07, 6.45) is 0.412. The summed E-state index contributed by atoms with van der Waals surface area (Å²) < 4.78 is 5.48. The van der Waals surface area contributed by atoms with Gasteiger partial charge < -0.3 is 10.1 Å². The van der Waals surface area contributed by atoms with Crippen molar-refractivity contribution in [2.24, 2.45) is 0 Å². The molecule has 0 heterocycles. The molecule has 0 radical (unpaired) electrons. The first-order valence-corrected chi connectivity index (χ1v) is 9.79. The smallest absolute Gasteiger partial charge is 0.221 e. The molecule has 3 nitrogen and oxygen atoms in total. The number of hydrogen-bond donors (Lipinski definition) is 1. The van der Waals surface area contributed by atoms with E-state index in [9.17, 15) is 4.79 Å². The zero-order chi connectivity index (χ0) is 19.8. The van der Waals surface area contributed by atoms with Crippen LogP contribution in [-0.4, -0.2) is 12.5 Å². The number of nitrogens with one attached hydrogen (secondary N) is 1. The molecule has 0 spiro atoms. The van der Waals surface area contributed by atoms with Crippen LogP contribution in [0.4, 0.5) is 0 Å². The third-order valence-electron chi connectivity index (χ3n) is 4.86. The summed E-state index contributed by atoms with van der Waals surface area (Å²) in [6, 6.07) is 28.2. The van der Waals surface area contributed by atoms with E-state index >= 15 is 0 Å². The van der Waals surface area contributed by atoms with Gasteiger partial charge in [0.05, 0.1) is 12.6 Å². The van der Waals surface area contributed by atoms with Gasteiger partial charge in [-0.15, -0.1) is 0 Å². The Labute approximate surface area is 167 Å². The maximum atomic E-state index is 12.8. The summed E-state index contributed by atoms with van der Waals surface area (Å²) in [5, 5.41) is 3.14. The van der Waals surface area contributed by atoms with Gasteiger partial charge in [0.25, 0.3) is 0 Å². The average Bonchev–Trinajstić information content (AvgIpc) is 2.74. The van der Waals surface area contributed by atoms with Crippen molar-refractivity contribution in [2.45, 2.75) is 32.2 Å². The molecule has 0 aromatic heterocycles. The Kier molecular flexibility index (Phi) is 6.85. The Morgan fingerprint density at radius 2 is 1.36 bits per heavy atom. The van der Waals surface area contributed by atoms with E-state index in [4.69, 9.17) is 4.74 Å². The standard InChI is InChI=1S/C25H27NO2/c1-3-28-23-16-14-20(15-17-23)19(2)26-25(27)18-24(21-10-6-4-7-11-21)22-12-8-5-9-13-22/h4-17,19,24H,3,18H2,1-2H3,(H,26,27). The van der Waals surface area contributed by atoms with Gasteiger partial charge in [-0.1, -0.05) is 72.8 Å². The highest BCUT2D eigenvalue weighted by Gasteiger charge is 2.19. The fraction of sp³-hybridized carbons (Fsp3) is 0.240. The van der Waals surface area contributed by atoms with Crippen LogP contribution < -0.4 is 10.1 Å². The summed E-state index contributed by atoms with van der Waals surface area (Å²) in [4.78, 5) is 12.8. The molecule has 0 fully saturated rings. The molecule has 0 saturated carbocycles. The van der Waals surface area contributed by atoms with Gasteiger partial charge in [-0.3, -0.25) is 4.79 Å². The zero-order valence-electron chi connectivity index (χ0n) is 16.5. The molecule has 0 saturated heterocycles. The second-order valence-electron chi connectivity index (χ2n) is 6.87. The maximum absolute atomic E-state index is 12.8. The first kappa shape index (κ1) is 19.7. The molecule has 3 aromatic rings. The van der Waals surface area contributed by atoms with Gasteiger partial charge in [0.1, 0.15) is 5.75 Å². The largest absolute Gasteiger partial charge is 0.494 e. The van der Waals surface area contributed by atoms with Crippen LogP contribution in [0.5, 0.6) is 5.75 Å². The third-order valence-corrected chi connectivity index (χ3v) is 4.86. The lowest BCUT2D eigenvalue weighted by molar-refractivity contribution is -0.121. The van der Waals surface area contributed by atoms with Gasteiger partial charge in [0, 0.05) is 12.3 Å². The van der Waals surface area contributed by atoms with Gasteiger partial charge >= 0.3 is 0 Å². The van der Waals surface area contributed by atoms with Crippen LogP contribution >= 0.6 is 0 Å². The molecule has 28 heavy (non-hydrogen) atoms. The van der Waals surface area contributed by atoms with Crippen molar-refractivity contribution < 1.29 is 9.53 Å². The molecule has 3 rings (SSSR count). The SMILES string of the molecule is CCOc1ccc(C(C)NC(=O)CC(c2ccccc2)c2ccccc2)cc1. The normalized spacial score (nSPS) is 11.8. The Bertz CT molecular complexity index is 821. The summed E-state index contributed by atoms with van der Waals surface area (Å²) in [7, 11) is 0. The summed E-state index contributed by atoms with van der Waals surface area (Å²) in [5.74, 6) is 0.923. The number of hydrogen-bond acceptors (Lipinski definition) is 2. The second kappa shape index (κ2) is 9.75. The molecular weight excluding hydrogens is 346 g/mol. The molecule has 0 aliphatic carbocycles. The van der Waals surface area contributed by atoms with E-state index in [2.05, 4.69) is 29.6 Å². The van der Waals surface area contributed by atoms with Crippen LogP contribution in [0.15, 0.2) is 84.9 Å². The predicted molar refractivity (Wildman–Crippen MR) is 114 cm³/mol. The molecule has 0 bridgehead atoms. The fourth-order valence-electron chi connectivity index (χ4n) is 3.39. The van der Waals surface area contributed by atoms with Gasteiger partial charge in [-0.25, -0.2) is 0 Å². The topological polar surface area (TPSA) is 38.3 Å². The van der Waals surface area contributed by atoms with E-state index in [0.29, 0.717) is 13.0 Å². The minimum Gasteiger partial charge on any atom is -0.494 e. The number of ether oxygens (including phenoxy) is 1. The van der Waals surface area contributed by atoms with E-state index in [1.54, 1.807) is 0 Å². The molecule has 3 heteroatoms. The highest BCUT2D eigenvalue weighted by atomic mass is 16.5. The lowest BCUT2D eigenvalue weighted by Gasteiger charge is -2.20. The Morgan fingerprint density at radius 1 is 0.821 bits per heavy atom. The number of carbonyl (C=O) groups is 1. The van der Waals surface area contributed by atoms with Crippen LogP contribution in [-0.2, 0) is 4.79 Å². The van der Waals surface area contributed by atoms with Crippen molar-refractivity contribution in [3.05, 3.63) is 102 Å². The van der Waals surface area contributed by atoms with Crippen molar-refractivity contribution >= 4 is 5.91 Å². The highest BCUT2D eigenvalue weighted by Crippen LogP contribution is 2.28. The van der Waals surface area contributed by atoms with Crippen LogP contribution in [0.3, 0.4) is 0 Å². The van der Waals surface area contributed by atoms with Gasteiger partial charge in [0.15, 0.2) is 0 Å². The van der Waals surface area contributed by atoms with Crippen LogP contribution in [0.2, 0.25) is 0 Å². The summed E-state index contributed by atoms with van der Waals surface area (Å²) in [6.45, 7) is 4.62. The van der Waals surface area contributed by atoms with Gasteiger partial charge in [-0.2, -0.15) is 0 Å².